The van der Waals surface area contributed by atoms with Crippen LogP contribution in [0.1, 0.15) is 6.42 Å². The first-order chi connectivity index (χ1) is 3.68. The SMILES string of the molecule is NC(=O)C(O)CCS. The van der Waals surface area contributed by atoms with Crippen LogP contribution in [0.2, 0.25) is 0 Å². The summed E-state index contributed by atoms with van der Waals surface area (Å²) < 4.78 is 0. The summed E-state index contributed by atoms with van der Waals surface area (Å²) in [5.74, 6) is -0.205. The van der Waals surface area contributed by atoms with E-state index in [1.54, 1.807) is 0 Å². The molecule has 0 aromatic carbocycles. The maximum absolute atomic E-state index is 10.0. The van der Waals surface area contributed by atoms with Crippen LogP contribution in [0.4, 0.5) is 0 Å². The zero-order chi connectivity index (χ0) is 6.57. The molecule has 0 radical (unpaired) electrons. The lowest BCUT2D eigenvalue weighted by atomic mass is 10.3. The van der Waals surface area contributed by atoms with Gasteiger partial charge in [0.05, 0.1) is 0 Å². The van der Waals surface area contributed by atoms with Crippen molar-refractivity contribution < 1.29 is 9.90 Å². The summed E-state index contributed by atoms with van der Waals surface area (Å²) >= 11 is 3.79. The summed E-state index contributed by atoms with van der Waals surface area (Å²) in [4.78, 5) is 10.0. The Morgan fingerprint density at radius 3 is 2.50 bits per heavy atom. The normalized spacial score (nSPS) is 13.2. The number of primary amides is 1. The van der Waals surface area contributed by atoms with Crippen molar-refractivity contribution in [2.24, 2.45) is 5.73 Å². The van der Waals surface area contributed by atoms with E-state index in [0.29, 0.717) is 12.2 Å². The molecule has 0 fully saturated rings. The highest BCUT2D eigenvalue weighted by molar-refractivity contribution is 7.80. The van der Waals surface area contributed by atoms with E-state index < -0.39 is 12.0 Å². The molecule has 1 atom stereocenters. The van der Waals surface area contributed by atoms with E-state index in [1.165, 1.54) is 0 Å². The first-order valence-electron chi connectivity index (χ1n) is 2.26. The monoisotopic (exact) mass is 135 g/mol. The number of aliphatic hydroxyl groups is 1. The van der Waals surface area contributed by atoms with Gasteiger partial charge in [-0.3, -0.25) is 4.79 Å². The van der Waals surface area contributed by atoms with Gasteiger partial charge >= 0.3 is 0 Å². The zero-order valence-electron chi connectivity index (χ0n) is 4.37. The fourth-order valence-electron chi connectivity index (χ4n) is 0.265. The Hall–Kier alpha value is -0.220. The number of carbonyl (C=O) groups excluding carboxylic acids is 1. The molecule has 0 saturated heterocycles. The molecule has 0 aliphatic carbocycles. The molecule has 8 heavy (non-hydrogen) atoms. The van der Waals surface area contributed by atoms with Crippen molar-refractivity contribution in [3.8, 4) is 0 Å². The summed E-state index contributed by atoms with van der Waals surface area (Å²) in [5, 5.41) is 8.60. The quantitative estimate of drug-likeness (QED) is 0.441. The topological polar surface area (TPSA) is 63.3 Å². The van der Waals surface area contributed by atoms with Crippen molar-refractivity contribution in [2.75, 3.05) is 5.75 Å². The number of aliphatic hydroxyl groups excluding tert-OH is 1. The minimum atomic E-state index is -1.02. The lowest BCUT2D eigenvalue weighted by Crippen LogP contribution is -2.28. The molecule has 48 valence electrons. The average Bonchev–Trinajstić information content (AvgIpc) is 1.67. The predicted molar refractivity (Wildman–Crippen MR) is 33.7 cm³/mol. The van der Waals surface area contributed by atoms with Crippen LogP contribution in [0.15, 0.2) is 0 Å². The van der Waals surface area contributed by atoms with Crippen LogP contribution in [0.5, 0.6) is 0 Å². The second kappa shape index (κ2) is 3.74. The molecule has 0 aromatic rings. The molecule has 0 bridgehead atoms. The van der Waals surface area contributed by atoms with Gasteiger partial charge in [0, 0.05) is 0 Å². The number of amides is 1. The molecule has 1 unspecified atom stereocenters. The molecular formula is C4H9NO2S. The third-order valence-electron chi connectivity index (χ3n) is 0.731. The lowest BCUT2D eigenvalue weighted by Gasteiger charge is -2.00. The summed E-state index contributed by atoms with van der Waals surface area (Å²) in [6, 6.07) is 0. The van der Waals surface area contributed by atoms with Crippen molar-refractivity contribution in [3.05, 3.63) is 0 Å². The van der Waals surface area contributed by atoms with Gasteiger partial charge in [0.15, 0.2) is 0 Å². The number of thiol groups is 1. The van der Waals surface area contributed by atoms with Gasteiger partial charge in [-0.1, -0.05) is 0 Å². The maximum atomic E-state index is 10.0. The van der Waals surface area contributed by atoms with Crippen LogP contribution < -0.4 is 5.73 Å². The van der Waals surface area contributed by atoms with Crippen LogP contribution in [0, 0.1) is 0 Å². The van der Waals surface area contributed by atoms with Gasteiger partial charge in [-0.2, -0.15) is 12.6 Å². The molecule has 0 rings (SSSR count). The van der Waals surface area contributed by atoms with Gasteiger partial charge in [0.1, 0.15) is 6.10 Å². The summed E-state index contributed by atoms with van der Waals surface area (Å²) in [6.45, 7) is 0. The number of rotatable bonds is 3. The second-order valence-electron chi connectivity index (χ2n) is 1.43. The van der Waals surface area contributed by atoms with Crippen molar-refractivity contribution in [1.29, 1.82) is 0 Å². The number of hydrogen-bond acceptors (Lipinski definition) is 3. The Balaban J connectivity index is 3.32. The molecule has 3 N–H and O–H groups in total. The minimum absolute atomic E-state index is 0.332. The Morgan fingerprint density at radius 1 is 1.88 bits per heavy atom. The smallest absolute Gasteiger partial charge is 0.246 e. The molecule has 4 heteroatoms. The molecule has 0 aromatic heterocycles. The third-order valence-corrected chi connectivity index (χ3v) is 0.989. The van der Waals surface area contributed by atoms with Crippen LogP contribution in [0.3, 0.4) is 0 Å². The highest BCUT2D eigenvalue weighted by atomic mass is 32.1. The summed E-state index contributed by atoms with van der Waals surface area (Å²) in [5.41, 5.74) is 4.70. The molecule has 0 spiro atoms. The van der Waals surface area contributed by atoms with Crippen molar-refractivity contribution in [1.82, 2.24) is 0 Å². The highest BCUT2D eigenvalue weighted by Crippen LogP contribution is 1.90. The van der Waals surface area contributed by atoms with E-state index >= 15 is 0 Å². The van der Waals surface area contributed by atoms with Gasteiger partial charge in [-0.25, -0.2) is 0 Å². The van der Waals surface area contributed by atoms with Crippen molar-refractivity contribution in [2.45, 2.75) is 12.5 Å². The molecule has 3 nitrogen and oxygen atoms in total. The predicted octanol–water partition coefficient (Wildman–Crippen LogP) is -0.848. The third kappa shape index (κ3) is 2.87. The fraction of sp³-hybridized carbons (Fsp3) is 0.750. The fourth-order valence-corrected chi connectivity index (χ4v) is 0.509. The van der Waals surface area contributed by atoms with E-state index in [0.717, 1.165) is 0 Å². The van der Waals surface area contributed by atoms with Crippen LogP contribution >= 0.6 is 12.6 Å². The minimum Gasteiger partial charge on any atom is -0.383 e. The van der Waals surface area contributed by atoms with Crippen LogP contribution in [0.25, 0.3) is 0 Å². The van der Waals surface area contributed by atoms with Crippen LogP contribution in [-0.2, 0) is 4.79 Å². The van der Waals surface area contributed by atoms with Gasteiger partial charge in [-0.05, 0) is 12.2 Å². The van der Waals surface area contributed by atoms with Crippen molar-refractivity contribution in [3.63, 3.8) is 0 Å². The molecule has 1 amide bonds. The zero-order valence-corrected chi connectivity index (χ0v) is 5.27. The Morgan fingerprint density at radius 2 is 2.38 bits per heavy atom. The van der Waals surface area contributed by atoms with E-state index in [9.17, 15) is 4.79 Å². The summed E-state index contributed by atoms with van der Waals surface area (Å²) in [6.07, 6.45) is -0.689. The maximum Gasteiger partial charge on any atom is 0.246 e. The van der Waals surface area contributed by atoms with E-state index in [1.807, 2.05) is 0 Å². The van der Waals surface area contributed by atoms with Crippen molar-refractivity contribution >= 4 is 18.5 Å². The van der Waals surface area contributed by atoms with Gasteiger partial charge in [-0.15, -0.1) is 0 Å². The number of hydrogen-bond donors (Lipinski definition) is 3. The van der Waals surface area contributed by atoms with E-state index in [4.69, 9.17) is 10.8 Å². The summed E-state index contributed by atoms with van der Waals surface area (Å²) in [7, 11) is 0. The Labute approximate surface area is 53.3 Å². The van der Waals surface area contributed by atoms with E-state index in [2.05, 4.69) is 12.6 Å². The number of nitrogens with two attached hydrogens (primary N) is 1. The molecular weight excluding hydrogens is 126 g/mol. The Kier molecular flexibility index (Phi) is 3.64. The van der Waals surface area contributed by atoms with Crippen LogP contribution in [-0.4, -0.2) is 22.9 Å². The molecule has 0 heterocycles. The second-order valence-corrected chi connectivity index (χ2v) is 1.88. The first-order valence-corrected chi connectivity index (χ1v) is 2.90. The highest BCUT2D eigenvalue weighted by Gasteiger charge is 2.07. The lowest BCUT2D eigenvalue weighted by molar-refractivity contribution is -0.126. The number of carbonyl (C=O) groups is 1. The largest absolute Gasteiger partial charge is 0.383 e. The average molecular weight is 135 g/mol. The molecule has 0 aliphatic rings. The van der Waals surface area contributed by atoms with Gasteiger partial charge < -0.3 is 10.8 Å². The standard InChI is InChI=1S/C4H9NO2S/c5-4(7)3(6)1-2-8/h3,6,8H,1-2H2,(H2,5,7). The molecule has 0 saturated carbocycles. The molecule has 0 aliphatic heterocycles. The van der Waals surface area contributed by atoms with Gasteiger partial charge in [0.2, 0.25) is 5.91 Å². The van der Waals surface area contributed by atoms with E-state index in [-0.39, 0.29) is 0 Å². The van der Waals surface area contributed by atoms with Gasteiger partial charge in [0.25, 0.3) is 0 Å². The first kappa shape index (κ1) is 7.78. The Bertz CT molecular complexity index is 86.1.